The average molecular weight is 333 g/mol. The molecule has 1 aromatic rings. The highest BCUT2D eigenvalue weighted by Crippen LogP contribution is 2.31. The van der Waals surface area contributed by atoms with Crippen molar-refractivity contribution < 1.29 is 9.47 Å². The summed E-state index contributed by atoms with van der Waals surface area (Å²) in [5.41, 5.74) is 1.20. The highest BCUT2D eigenvalue weighted by Gasteiger charge is 2.14. The molecular weight excluding hydrogens is 302 g/mol. The Hall–Kier alpha value is -1.56. The van der Waals surface area contributed by atoms with E-state index in [4.69, 9.17) is 9.47 Å². The lowest BCUT2D eigenvalue weighted by atomic mass is 10.0. The summed E-state index contributed by atoms with van der Waals surface area (Å²) in [6.45, 7) is 13.0. The van der Waals surface area contributed by atoms with Gasteiger partial charge in [-0.15, -0.1) is 6.58 Å². The number of ether oxygens (including phenoxy) is 2. The van der Waals surface area contributed by atoms with Crippen LogP contribution in [0.1, 0.15) is 24.9 Å². The van der Waals surface area contributed by atoms with E-state index in [2.05, 4.69) is 34.2 Å². The molecule has 0 saturated carbocycles. The van der Waals surface area contributed by atoms with Crippen LogP contribution in [0, 0.1) is 0 Å². The summed E-state index contributed by atoms with van der Waals surface area (Å²) < 4.78 is 11.1. The Morgan fingerprint density at radius 2 is 2.12 bits per heavy atom. The highest BCUT2D eigenvalue weighted by atomic mass is 16.5. The van der Waals surface area contributed by atoms with Gasteiger partial charge in [-0.1, -0.05) is 12.1 Å². The van der Waals surface area contributed by atoms with Gasteiger partial charge in [0.15, 0.2) is 11.5 Å². The minimum Gasteiger partial charge on any atom is -0.493 e. The van der Waals surface area contributed by atoms with E-state index in [1.54, 1.807) is 7.11 Å². The van der Waals surface area contributed by atoms with Crippen molar-refractivity contribution in [3.05, 3.63) is 36.4 Å². The van der Waals surface area contributed by atoms with E-state index in [-0.39, 0.29) is 6.04 Å². The van der Waals surface area contributed by atoms with Gasteiger partial charge in [0.05, 0.1) is 13.7 Å². The number of methoxy groups -OCH3 is 1. The molecular formula is C19H31N3O2. The molecule has 1 heterocycles. The average Bonchev–Trinajstić information content (AvgIpc) is 2.62. The zero-order chi connectivity index (χ0) is 17.2. The largest absolute Gasteiger partial charge is 0.493 e. The van der Waals surface area contributed by atoms with E-state index in [0.29, 0.717) is 6.61 Å². The molecule has 0 bridgehead atoms. The number of piperazine rings is 1. The second kappa shape index (κ2) is 10.3. The Balaban J connectivity index is 1.96. The van der Waals surface area contributed by atoms with Gasteiger partial charge in [0.1, 0.15) is 0 Å². The van der Waals surface area contributed by atoms with Gasteiger partial charge in [-0.3, -0.25) is 4.90 Å². The molecule has 0 amide bonds. The zero-order valence-corrected chi connectivity index (χ0v) is 15.0. The molecule has 134 valence electrons. The second-order valence-corrected chi connectivity index (χ2v) is 5.97. The lowest BCUT2D eigenvalue weighted by Crippen LogP contribution is -2.46. The molecule has 0 aliphatic carbocycles. The summed E-state index contributed by atoms with van der Waals surface area (Å²) in [6.07, 6.45) is 2.85. The SMILES string of the molecule is C=CCC(NCCN1CCNCC1)c1ccc(OCC)c(OC)c1. The van der Waals surface area contributed by atoms with Gasteiger partial charge in [0.25, 0.3) is 0 Å². The standard InChI is InChI=1S/C19H31N3O2/c1-4-6-17(21-11-14-22-12-9-20-10-13-22)16-7-8-18(24-5-2)19(15-16)23-3/h4,7-8,15,17,20-21H,1,5-6,9-14H2,2-3H3. The minimum absolute atomic E-state index is 0.245. The number of hydrogen-bond donors (Lipinski definition) is 2. The first-order valence-corrected chi connectivity index (χ1v) is 8.86. The molecule has 0 aromatic heterocycles. The third-order valence-electron chi connectivity index (χ3n) is 4.32. The Morgan fingerprint density at radius 3 is 2.79 bits per heavy atom. The lowest BCUT2D eigenvalue weighted by Gasteiger charge is -2.28. The number of benzene rings is 1. The van der Waals surface area contributed by atoms with Crippen LogP contribution < -0.4 is 20.1 Å². The normalized spacial score (nSPS) is 16.6. The number of nitrogens with zero attached hydrogens (tertiary/aromatic N) is 1. The smallest absolute Gasteiger partial charge is 0.161 e. The predicted molar refractivity (Wildman–Crippen MR) is 99.0 cm³/mol. The molecule has 5 nitrogen and oxygen atoms in total. The van der Waals surface area contributed by atoms with Crippen LogP contribution >= 0.6 is 0 Å². The molecule has 2 N–H and O–H groups in total. The molecule has 2 rings (SSSR count). The number of rotatable bonds is 10. The van der Waals surface area contributed by atoms with Crippen molar-refractivity contribution in [2.75, 3.05) is 53.0 Å². The lowest BCUT2D eigenvalue weighted by molar-refractivity contribution is 0.238. The van der Waals surface area contributed by atoms with Crippen molar-refractivity contribution in [3.63, 3.8) is 0 Å². The molecule has 1 unspecified atom stereocenters. The van der Waals surface area contributed by atoms with Crippen molar-refractivity contribution in [3.8, 4) is 11.5 Å². The van der Waals surface area contributed by atoms with Crippen molar-refractivity contribution in [2.24, 2.45) is 0 Å². The Bertz CT molecular complexity index is 501. The van der Waals surface area contributed by atoms with Crippen LogP contribution in [-0.4, -0.2) is 57.9 Å². The van der Waals surface area contributed by atoms with E-state index >= 15 is 0 Å². The second-order valence-electron chi connectivity index (χ2n) is 5.97. The first kappa shape index (κ1) is 18.8. The maximum atomic E-state index is 5.60. The Kier molecular flexibility index (Phi) is 8.08. The quantitative estimate of drug-likeness (QED) is 0.643. The van der Waals surface area contributed by atoms with E-state index in [9.17, 15) is 0 Å². The summed E-state index contributed by atoms with van der Waals surface area (Å²) >= 11 is 0. The van der Waals surface area contributed by atoms with Gasteiger partial charge < -0.3 is 20.1 Å². The van der Waals surface area contributed by atoms with Crippen molar-refractivity contribution in [1.29, 1.82) is 0 Å². The van der Waals surface area contributed by atoms with E-state index in [1.165, 1.54) is 5.56 Å². The van der Waals surface area contributed by atoms with Crippen LogP contribution in [-0.2, 0) is 0 Å². The van der Waals surface area contributed by atoms with Crippen LogP contribution in [0.15, 0.2) is 30.9 Å². The van der Waals surface area contributed by atoms with Crippen LogP contribution in [0.3, 0.4) is 0 Å². The molecule has 1 atom stereocenters. The van der Waals surface area contributed by atoms with Gasteiger partial charge in [-0.25, -0.2) is 0 Å². The number of hydrogen-bond acceptors (Lipinski definition) is 5. The fraction of sp³-hybridized carbons (Fsp3) is 0.579. The van der Waals surface area contributed by atoms with Gasteiger partial charge >= 0.3 is 0 Å². The molecule has 0 spiro atoms. The topological polar surface area (TPSA) is 45.8 Å². The van der Waals surface area contributed by atoms with Gasteiger partial charge in [-0.2, -0.15) is 0 Å². The summed E-state index contributed by atoms with van der Waals surface area (Å²) in [5.74, 6) is 1.58. The van der Waals surface area contributed by atoms with Crippen LogP contribution in [0.5, 0.6) is 11.5 Å². The first-order valence-electron chi connectivity index (χ1n) is 8.86. The van der Waals surface area contributed by atoms with Gasteiger partial charge in [-0.05, 0) is 31.0 Å². The van der Waals surface area contributed by atoms with Crippen LogP contribution in [0.25, 0.3) is 0 Å². The fourth-order valence-corrected chi connectivity index (χ4v) is 3.01. The van der Waals surface area contributed by atoms with E-state index < -0.39 is 0 Å². The molecule has 5 heteroatoms. The number of nitrogens with one attached hydrogen (secondary N) is 2. The monoisotopic (exact) mass is 333 g/mol. The maximum absolute atomic E-state index is 5.60. The van der Waals surface area contributed by atoms with Crippen molar-refractivity contribution >= 4 is 0 Å². The Morgan fingerprint density at radius 1 is 1.33 bits per heavy atom. The van der Waals surface area contributed by atoms with Gasteiger partial charge in [0, 0.05) is 45.3 Å². The third-order valence-corrected chi connectivity index (χ3v) is 4.32. The first-order chi connectivity index (χ1) is 11.8. The predicted octanol–water partition coefficient (Wildman–Crippen LogP) is 2.21. The van der Waals surface area contributed by atoms with E-state index in [1.807, 2.05) is 19.1 Å². The summed E-state index contributed by atoms with van der Waals surface area (Å²) in [4.78, 5) is 2.49. The molecule has 1 aliphatic rings. The van der Waals surface area contributed by atoms with E-state index in [0.717, 1.165) is 57.2 Å². The molecule has 1 aromatic carbocycles. The van der Waals surface area contributed by atoms with Gasteiger partial charge in [0.2, 0.25) is 0 Å². The van der Waals surface area contributed by atoms with Crippen molar-refractivity contribution in [2.45, 2.75) is 19.4 Å². The summed E-state index contributed by atoms with van der Waals surface area (Å²) in [7, 11) is 1.68. The zero-order valence-electron chi connectivity index (χ0n) is 15.0. The molecule has 1 fully saturated rings. The fourth-order valence-electron chi connectivity index (χ4n) is 3.01. The molecule has 1 saturated heterocycles. The molecule has 1 aliphatic heterocycles. The molecule has 24 heavy (non-hydrogen) atoms. The van der Waals surface area contributed by atoms with Crippen molar-refractivity contribution in [1.82, 2.24) is 15.5 Å². The maximum Gasteiger partial charge on any atom is 0.161 e. The third kappa shape index (κ3) is 5.51. The summed E-state index contributed by atoms with van der Waals surface area (Å²) in [5, 5.41) is 7.04. The van der Waals surface area contributed by atoms with Crippen LogP contribution in [0.2, 0.25) is 0 Å². The Labute approximate surface area is 146 Å². The van der Waals surface area contributed by atoms with Crippen LogP contribution in [0.4, 0.5) is 0 Å². The highest BCUT2D eigenvalue weighted by molar-refractivity contribution is 5.44. The molecule has 0 radical (unpaired) electrons. The summed E-state index contributed by atoms with van der Waals surface area (Å²) in [6, 6.07) is 6.41. The minimum atomic E-state index is 0.245.